The molecule has 0 unspecified atom stereocenters. The zero-order valence-electron chi connectivity index (χ0n) is 11.7. The summed E-state index contributed by atoms with van der Waals surface area (Å²) in [6.45, 7) is 2.47. The Morgan fingerprint density at radius 3 is 3.15 bits per heavy atom. The fourth-order valence-electron chi connectivity index (χ4n) is 2.43. The lowest BCUT2D eigenvalue weighted by molar-refractivity contribution is -0.120. The number of halogens is 1. The molecule has 1 fully saturated rings. The van der Waals surface area contributed by atoms with E-state index in [1.165, 1.54) is 0 Å². The molecule has 110 valence electrons. The number of nitrogens with one attached hydrogen (secondary N) is 2. The van der Waals surface area contributed by atoms with Crippen LogP contribution in [0, 0.1) is 5.92 Å². The lowest BCUT2D eigenvalue weighted by Gasteiger charge is -2.27. The van der Waals surface area contributed by atoms with Crippen molar-refractivity contribution in [1.82, 2.24) is 5.32 Å². The molecule has 1 aliphatic rings. The van der Waals surface area contributed by atoms with Crippen LogP contribution < -0.4 is 15.4 Å². The first-order valence-corrected chi connectivity index (χ1v) is 7.02. The molecule has 2 N–H and O–H groups in total. The highest BCUT2D eigenvalue weighted by atomic mass is 19.1. The highest BCUT2D eigenvalue weighted by Gasteiger charge is 2.24. The van der Waals surface area contributed by atoms with Crippen molar-refractivity contribution < 1.29 is 13.9 Å². The standard InChI is InChI=1S/C15H21FN2O2/c1-11-9-12(5-7-17-11)15(19)18-13-3-2-4-14(10-13)20-8-6-16/h2-4,10-12,17H,5-9H2,1H3,(H,18,19)/t11-,12-/m0/s1. The fourth-order valence-corrected chi connectivity index (χ4v) is 2.43. The SMILES string of the molecule is C[C@H]1C[C@@H](C(=O)Nc2cccc(OCCF)c2)CCN1. The molecule has 1 aromatic rings. The summed E-state index contributed by atoms with van der Waals surface area (Å²) in [6, 6.07) is 7.44. The maximum atomic E-state index is 12.2. The van der Waals surface area contributed by atoms with Crippen LogP contribution in [0.1, 0.15) is 19.8 Å². The van der Waals surface area contributed by atoms with E-state index in [-0.39, 0.29) is 18.4 Å². The summed E-state index contributed by atoms with van der Waals surface area (Å²) in [7, 11) is 0. The van der Waals surface area contributed by atoms with Gasteiger partial charge in [0.25, 0.3) is 0 Å². The Morgan fingerprint density at radius 1 is 1.55 bits per heavy atom. The smallest absolute Gasteiger partial charge is 0.227 e. The number of rotatable bonds is 5. The van der Waals surface area contributed by atoms with Gasteiger partial charge in [0.2, 0.25) is 5.91 Å². The van der Waals surface area contributed by atoms with E-state index < -0.39 is 6.67 Å². The molecule has 0 aromatic heterocycles. The summed E-state index contributed by atoms with van der Waals surface area (Å²) >= 11 is 0. The van der Waals surface area contributed by atoms with Crippen LogP contribution in [0.2, 0.25) is 0 Å². The maximum absolute atomic E-state index is 12.2. The molecule has 20 heavy (non-hydrogen) atoms. The molecule has 0 saturated carbocycles. The van der Waals surface area contributed by atoms with Crippen molar-refractivity contribution in [2.24, 2.45) is 5.92 Å². The summed E-state index contributed by atoms with van der Waals surface area (Å²) in [5.74, 6) is 0.654. The largest absolute Gasteiger partial charge is 0.491 e. The zero-order chi connectivity index (χ0) is 14.4. The number of amides is 1. The van der Waals surface area contributed by atoms with Crippen molar-refractivity contribution in [1.29, 1.82) is 0 Å². The van der Waals surface area contributed by atoms with Crippen molar-refractivity contribution in [3.8, 4) is 5.75 Å². The average molecular weight is 280 g/mol. The Hall–Kier alpha value is -1.62. The lowest BCUT2D eigenvalue weighted by atomic mass is 9.92. The van der Waals surface area contributed by atoms with Gasteiger partial charge in [0.15, 0.2) is 0 Å². The van der Waals surface area contributed by atoms with Gasteiger partial charge in [-0.2, -0.15) is 0 Å². The highest BCUT2D eigenvalue weighted by molar-refractivity contribution is 5.92. The molecular formula is C15H21FN2O2. The first kappa shape index (κ1) is 14.8. The Kier molecular flexibility index (Phi) is 5.35. The Labute approximate surface area is 118 Å². The molecule has 4 nitrogen and oxygen atoms in total. The van der Waals surface area contributed by atoms with Crippen LogP contribution >= 0.6 is 0 Å². The molecule has 1 aromatic carbocycles. The van der Waals surface area contributed by atoms with Gasteiger partial charge in [-0.3, -0.25) is 4.79 Å². The monoisotopic (exact) mass is 280 g/mol. The van der Waals surface area contributed by atoms with Gasteiger partial charge in [0, 0.05) is 23.7 Å². The van der Waals surface area contributed by atoms with E-state index in [1.54, 1.807) is 18.2 Å². The molecule has 5 heteroatoms. The summed E-state index contributed by atoms with van der Waals surface area (Å²) < 4.78 is 17.3. The van der Waals surface area contributed by atoms with E-state index in [1.807, 2.05) is 6.07 Å². The van der Waals surface area contributed by atoms with Gasteiger partial charge in [-0.05, 0) is 38.4 Å². The van der Waals surface area contributed by atoms with Gasteiger partial charge in [-0.25, -0.2) is 4.39 Å². The van der Waals surface area contributed by atoms with E-state index in [4.69, 9.17) is 4.74 Å². The van der Waals surface area contributed by atoms with Gasteiger partial charge in [-0.15, -0.1) is 0 Å². The molecule has 1 aliphatic heterocycles. The van der Waals surface area contributed by atoms with Crippen LogP contribution in [0.5, 0.6) is 5.75 Å². The van der Waals surface area contributed by atoms with Gasteiger partial charge >= 0.3 is 0 Å². The number of carbonyl (C=O) groups is 1. The minimum atomic E-state index is -0.524. The zero-order valence-corrected chi connectivity index (χ0v) is 11.7. The van der Waals surface area contributed by atoms with E-state index in [2.05, 4.69) is 17.6 Å². The van der Waals surface area contributed by atoms with E-state index in [9.17, 15) is 9.18 Å². The van der Waals surface area contributed by atoms with Crippen molar-refractivity contribution in [2.75, 3.05) is 25.1 Å². The second-order valence-corrected chi connectivity index (χ2v) is 5.13. The number of ether oxygens (including phenoxy) is 1. The summed E-state index contributed by atoms with van der Waals surface area (Å²) in [5.41, 5.74) is 0.692. The van der Waals surface area contributed by atoms with Crippen LogP contribution in [-0.4, -0.2) is 31.8 Å². The minimum Gasteiger partial charge on any atom is -0.491 e. The molecular weight excluding hydrogens is 259 g/mol. The molecule has 2 atom stereocenters. The minimum absolute atomic E-state index is 0.0310. The Balaban J connectivity index is 1.93. The maximum Gasteiger partial charge on any atom is 0.227 e. The molecule has 1 saturated heterocycles. The summed E-state index contributed by atoms with van der Waals surface area (Å²) in [5, 5.41) is 6.24. The van der Waals surface area contributed by atoms with Gasteiger partial charge in [-0.1, -0.05) is 6.07 Å². The highest BCUT2D eigenvalue weighted by Crippen LogP contribution is 2.21. The number of benzene rings is 1. The van der Waals surface area contributed by atoms with E-state index >= 15 is 0 Å². The number of alkyl halides is 1. The van der Waals surface area contributed by atoms with Crippen molar-refractivity contribution in [3.05, 3.63) is 24.3 Å². The number of piperidine rings is 1. The van der Waals surface area contributed by atoms with Gasteiger partial charge in [0.05, 0.1) is 0 Å². The summed E-state index contributed by atoms with van der Waals surface area (Å²) in [4.78, 5) is 12.2. The third-order valence-corrected chi connectivity index (χ3v) is 3.44. The fraction of sp³-hybridized carbons (Fsp3) is 0.533. The topological polar surface area (TPSA) is 50.4 Å². The van der Waals surface area contributed by atoms with Crippen LogP contribution in [-0.2, 0) is 4.79 Å². The van der Waals surface area contributed by atoms with Gasteiger partial charge in [0.1, 0.15) is 19.0 Å². The molecule has 0 aliphatic carbocycles. The molecule has 0 bridgehead atoms. The second-order valence-electron chi connectivity index (χ2n) is 5.13. The Bertz CT molecular complexity index is 453. The van der Waals surface area contributed by atoms with Crippen LogP contribution in [0.4, 0.5) is 10.1 Å². The number of anilines is 1. The third-order valence-electron chi connectivity index (χ3n) is 3.44. The first-order chi connectivity index (χ1) is 9.69. The van der Waals surface area contributed by atoms with Crippen molar-refractivity contribution in [3.63, 3.8) is 0 Å². The van der Waals surface area contributed by atoms with E-state index in [0.29, 0.717) is 17.5 Å². The van der Waals surface area contributed by atoms with Crippen LogP contribution in [0.25, 0.3) is 0 Å². The third kappa shape index (κ3) is 4.20. The summed E-state index contributed by atoms with van der Waals surface area (Å²) in [6.07, 6.45) is 1.71. The average Bonchev–Trinajstić information content (AvgIpc) is 2.45. The predicted octanol–water partition coefficient (Wildman–Crippen LogP) is 2.36. The Morgan fingerprint density at radius 2 is 2.40 bits per heavy atom. The van der Waals surface area contributed by atoms with Crippen molar-refractivity contribution >= 4 is 11.6 Å². The quantitative estimate of drug-likeness (QED) is 0.870. The van der Waals surface area contributed by atoms with Crippen molar-refractivity contribution in [2.45, 2.75) is 25.8 Å². The second kappa shape index (κ2) is 7.24. The molecule has 1 heterocycles. The molecule has 0 spiro atoms. The number of carbonyl (C=O) groups excluding carboxylic acids is 1. The van der Waals surface area contributed by atoms with Gasteiger partial charge < -0.3 is 15.4 Å². The molecule has 1 amide bonds. The van der Waals surface area contributed by atoms with Crippen LogP contribution in [0.15, 0.2) is 24.3 Å². The van der Waals surface area contributed by atoms with Crippen LogP contribution in [0.3, 0.4) is 0 Å². The predicted molar refractivity (Wildman–Crippen MR) is 76.7 cm³/mol. The molecule has 0 radical (unpaired) electrons. The first-order valence-electron chi connectivity index (χ1n) is 7.02. The lowest BCUT2D eigenvalue weighted by Crippen LogP contribution is -2.40. The van der Waals surface area contributed by atoms with E-state index in [0.717, 1.165) is 19.4 Å². The normalized spacial score (nSPS) is 22.3. The number of hydrogen-bond acceptors (Lipinski definition) is 3. The number of hydrogen-bond donors (Lipinski definition) is 2. The molecule has 2 rings (SSSR count).